The maximum Gasteiger partial charge on any atom is 0.325 e. The molecule has 8 nitrogen and oxygen atoms in total. The third-order valence-electron chi connectivity index (χ3n) is 3.87. The summed E-state index contributed by atoms with van der Waals surface area (Å²) < 4.78 is 5.22. The first-order valence-electron chi connectivity index (χ1n) is 7.42. The summed E-state index contributed by atoms with van der Waals surface area (Å²) in [6.45, 7) is 1.07. The lowest BCUT2D eigenvalue weighted by Gasteiger charge is -2.18. The summed E-state index contributed by atoms with van der Waals surface area (Å²) in [7, 11) is 0. The molecule has 1 saturated heterocycles. The molecule has 1 aliphatic rings. The zero-order valence-electron chi connectivity index (χ0n) is 13.3. The van der Waals surface area contributed by atoms with E-state index in [1.165, 1.54) is 19.3 Å². The number of carbonyl (C=O) groups is 3. The Morgan fingerprint density at radius 2 is 2.16 bits per heavy atom. The second-order valence-electron chi connectivity index (χ2n) is 5.66. The van der Waals surface area contributed by atoms with Gasteiger partial charge in [0.25, 0.3) is 5.91 Å². The fourth-order valence-corrected chi connectivity index (χ4v) is 2.58. The monoisotopic (exact) mass is 338 g/mol. The SMILES string of the molecule is C[C@]1(c2ccco2)NC(=O)N(CC(=O)Nc2cccc(C#N)c2)C1=O. The molecule has 8 heteroatoms. The molecule has 126 valence electrons. The van der Waals surface area contributed by atoms with Crippen molar-refractivity contribution < 1.29 is 18.8 Å². The van der Waals surface area contributed by atoms with Crippen LogP contribution in [0, 0.1) is 11.3 Å². The van der Waals surface area contributed by atoms with Crippen molar-refractivity contribution >= 4 is 23.5 Å². The molecule has 0 aliphatic carbocycles. The normalized spacial score (nSPS) is 19.4. The van der Waals surface area contributed by atoms with E-state index in [1.54, 1.807) is 30.3 Å². The Balaban J connectivity index is 1.72. The first-order chi connectivity index (χ1) is 11.9. The van der Waals surface area contributed by atoms with Crippen LogP contribution in [0.3, 0.4) is 0 Å². The molecule has 1 aromatic heterocycles. The van der Waals surface area contributed by atoms with E-state index < -0.39 is 29.9 Å². The van der Waals surface area contributed by atoms with Crippen LogP contribution in [0.15, 0.2) is 47.1 Å². The van der Waals surface area contributed by atoms with Crippen molar-refractivity contribution in [1.29, 1.82) is 5.26 Å². The van der Waals surface area contributed by atoms with Crippen molar-refractivity contribution in [3.8, 4) is 6.07 Å². The van der Waals surface area contributed by atoms with E-state index >= 15 is 0 Å². The van der Waals surface area contributed by atoms with Crippen molar-refractivity contribution in [1.82, 2.24) is 10.2 Å². The fraction of sp³-hybridized carbons (Fsp3) is 0.176. The van der Waals surface area contributed by atoms with Crippen molar-refractivity contribution in [2.75, 3.05) is 11.9 Å². The number of rotatable bonds is 4. The van der Waals surface area contributed by atoms with Gasteiger partial charge in [-0.05, 0) is 37.3 Å². The summed E-state index contributed by atoms with van der Waals surface area (Å²) in [6.07, 6.45) is 1.40. The number of furan rings is 1. The molecule has 1 fully saturated rings. The summed E-state index contributed by atoms with van der Waals surface area (Å²) in [5.41, 5.74) is -0.551. The van der Waals surface area contributed by atoms with Gasteiger partial charge < -0.3 is 15.1 Å². The highest BCUT2D eigenvalue weighted by molar-refractivity contribution is 6.10. The minimum Gasteiger partial charge on any atom is -0.466 e. The van der Waals surface area contributed by atoms with E-state index in [-0.39, 0.29) is 5.76 Å². The number of anilines is 1. The molecule has 0 radical (unpaired) electrons. The predicted molar refractivity (Wildman–Crippen MR) is 86.1 cm³/mol. The Morgan fingerprint density at radius 1 is 1.36 bits per heavy atom. The second-order valence-corrected chi connectivity index (χ2v) is 5.66. The van der Waals surface area contributed by atoms with Crippen molar-refractivity contribution in [3.63, 3.8) is 0 Å². The maximum absolute atomic E-state index is 12.6. The molecular formula is C17H14N4O4. The summed E-state index contributed by atoms with van der Waals surface area (Å²) in [5, 5.41) is 14.0. The fourth-order valence-electron chi connectivity index (χ4n) is 2.58. The summed E-state index contributed by atoms with van der Waals surface area (Å²) >= 11 is 0. The Labute approximate surface area is 143 Å². The van der Waals surface area contributed by atoms with Crippen molar-refractivity contribution in [2.24, 2.45) is 0 Å². The smallest absolute Gasteiger partial charge is 0.325 e. The lowest BCUT2D eigenvalue weighted by Crippen LogP contribution is -2.41. The van der Waals surface area contributed by atoms with E-state index in [2.05, 4.69) is 10.6 Å². The number of benzene rings is 1. The van der Waals surface area contributed by atoms with Crippen molar-refractivity contribution in [2.45, 2.75) is 12.5 Å². The molecule has 0 spiro atoms. The number of imide groups is 1. The number of hydrogen-bond donors (Lipinski definition) is 2. The van der Waals surface area contributed by atoms with Gasteiger partial charge in [-0.15, -0.1) is 0 Å². The van der Waals surface area contributed by atoms with Crippen LogP contribution in [0.4, 0.5) is 10.5 Å². The van der Waals surface area contributed by atoms with Crippen LogP contribution in [0.1, 0.15) is 18.2 Å². The van der Waals surface area contributed by atoms with Crippen LogP contribution < -0.4 is 10.6 Å². The molecule has 0 unspecified atom stereocenters. The third kappa shape index (κ3) is 2.95. The summed E-state index contributed by atoms with van der Waals surface area (Å²) in [5.74, 6) is -0.842. The van der Waals surface area contributed by atoms with Crippen LogP contribution in [-0.4, -0.2) is 29.3 Å². The average molecular weight is 338 g/mol. The highest BCUT2D eigenvalue weighted by Crippen LogP contribution is 2.28. The molecule has 2 aromatic rings. The van der Waals surface area contributed by atoms with Crippen LogP contribution in [0.2, 0.25) is 0 Å². The van der Waals surface area contributed by atoms with E-state index in [1.807, 2.05) is 6.07 Å². The number of urea groups is 1. The first-order valence-corrected chi connectivity index (χ1v) is 7.42. The number of nitriles is 1. The van der Waals surface area contributed by atoms with E-state index in [0.717, 1.165) is 4.90 Å². The molecule has 0 saturated carbocycles. The van der Waals surface area contributed by atoms with Gasteiger partial charge >= 0.3 is 6.03 Å². The number of carbonyl (C=O) groups excluding carboxylic acids is 3. The van der Waals surface area contributed by atoms with Gasteiger partial charge in [0.05, 0.1) is 17.9 Å². The van der Waals surface area contributed by atoms with E-state index in [9.17, 15) is 14.4 Å². The molecule has 1 aliphatic heterocycles. The Hall–Kier alpha value is -3.60. The third-order valence-corrected chi connectivity index (χ3v) is 3.87. The minimum atomic E-state index is -1.35. The maximum atomic E-state index is 12.6. The Kier molecular flexibility index (Phi) is 3.99. The standard InChI is InChI=1S/C17H14N4O4/c1-17(13-6-3-7-25-13)15(23)21(16(24)20-17)10-14(22)19-12-5-2-4-11(8-12)9-18/h2-8H,10H2,1H3,(H,19,22)(H,20,24)/t17-/m1/s1. The molecule has 2 N–H and O–H groups in total. The van der Waals surface area contributed by atoms with Crippen LogP contribution in [0.25, 0.3) is 0 Å². The average Bonchev–Trinajstić information content (AvgIpc) is 3.20. The zero-order chi connectivity index (χ0) is 18.0. The van der Waals surface area contributed by atoms with E-state index in [4.69, 9.17) is 9.68 Å². The lowest BCUT2D eigenvalue weighted by atomic mass is 9.99. The molecular weight excluding hydrogens is 324 g/mol. The molecule has 4 amide bonds. The minimum absolute atomic E-state index is 0.287. The number of hydrogen-bond acceptors (Lipinski definition) is 5. The van der Waals surface area contributed by atoms with Gasteiger partial charge in [0.15, 0.2) is 5.54 Å². The Morgan fingerprint density at radius 3 is 2.84 bits per heavy atom. The van der Waals surface area contributed by atoms with Gasteiger partial charge in [0.1, 0.15) is 12.3 Å². The quantitative estimate of drug-likeness (QED) is 0.821. The van der Waals surface area contributed by atoms with E-state index in [0.29, 0.717) is 11.3 Å². The van der Waals surface area contributed by atoms with Crippen LogP contribution >= 0.6 is 0 Å². The van der Waals surface area contributed by atoms with Gasteiger partial charge in [-0.1, -0.05) is 6.07 Å². The molecule has 0 bridgehead atoms. The van der Waals surface area contributed by atoms with Crippen LogP contribution in [-0.2, 0) is 15.1 Å². The molecule has 1 aromatic carbocycles. The van der Waals surface area contributed by atoms with Gasteiger partial charge in [0.2, 0.25) is 5.91 Å². The van der Waals surface area contributed by atoms with Gasteiger partial charge in [-0.25, -0.2) is 4.79 Å². The van der Waals surface area contributed by atoms with Gasteiger partial charge in [-0.2, -0.15) is 5.26 Å². The predicted octanol–water partition coefficient (Wildman–Crippen LogP) is 1.56. The number of nitrogens with one attached hydrogen (secondary N) is 2. The van der Waals surface area contributed by atoms with Gasteiger partial charge in [-0.3, -0.25) is 14.5 Å². The Bertz CT molecular complexity index is 884. The largest absolute Gasteiger partial charge is 0.466 e. The first kappa shape index (κ1) is 16.3. The second kappa shape index (κ2) is 6.13. The van der Waals surface area contributed by atoms with Crippen LogP contribution in [0.5, 0.6) is 0 Å². The van der Waals surface area contributed by atoms with Crippen molar-refractivity contribution in [3.05, 3.63) is 54.0 Å². The van der Waals surface area contributed by atoms with Gasteiger partial charge in [0, 0.05) is 5.69 Å². The molecule has 25 heavy (non-hydrogen) atoms. The summed E-state index contributed by atoms with van der Waals surface area (Å²) in [4.78, 5) is 37.7. The number of amides is 4. The highest BCUT2D eigenvalue weighted by atomic mass is 16.3. The molecule has 1 atom stereocenters. The molecule has 2 heterocycles. The topological polar surface area (TPSA) is 115 Å². The lowest BCUT2D eigenvalue weighted by molar-refractivity contribution is -0.134. The summed E-state index contributed by atoms with van der Waals surface area (Å²) in [6, 6.07) is 10.8. The number of nitrogens with zero attached hydrogens (tertiary/aromatic N) is 2. The zero-order valence-corrected chi connectivity index (χ0v) is 13.3. The molecule has 3 rings (SSSR count). The highest BCUT2D eigenvalue weighted by Gasteiger charge is 2.51.